The Bertz CT molecular complexity index is 384. The SMILES string of the molecule is CCCCCOc1nc(NC)ncc1[N+](=O)[O-]. The number of rotatable bonds is 7. The van der Waals surface area contributed by atoms with Crippen LogP contribution in [0.4, 0.5) is 11.6 Å². The molecule has 0 aliphatic heterocycles. The van der Waals surface area contributed by atoms with Crippen LogP contribution in [0.25, 0.3) is 0 Å². The summed E-state index contributed by atoms with van der Waals surface area (Å²) in [5.41, 5.74) is -0.208. The number of hydrogen-bond acceptors (Lipinski definition) is 6. The number of unbranched alkanes of at least 4 members (excludes halogenated alkanes) is 2. The molecule has 0 unspecified atom stereocenters. The Morgan fingerprint density at radius 3 is 2.88 bits per heavy atom. The average Bonchev–Trinajstić information content (AvgIpc) is 2.34. The third-order valence-electron chi connectivity index (χ3n) is 2.14. The fourth-order valence-corrected chi connectivity index (χ4v) is 1.23. The molecule has 1 heterocycles. The van der Waals surface area contributed by atoms with Crippen LogP contribution in [0.3, 0.4) is 0 Å². The Kier molecular flexibility index (Phi) is 5.12. The van der Waals surface area contributed by atoms with E-state index < -0.39 is 4.92 Å². The average molecular weight is 240 g/mol. The van der Waals surface area contributed by atoms with Crippen molar-refractivity contribution in [3.8, 4) is 5.88 Å². The van der Waals surface area contributed by atoms with Gasteiger partial charge in [0, 0.05) is 7.05 Å². The summed E-state index contributed by atoms with van der Waals surface area (Å²) >= 11 is 0. The molecule has 0 aliphatic carbocycles. The normalized spacial score (nSPS) is 10.0. The lowest BCUT2D eigenvalue weighted by molar-refractivity contribution is -0.386. The molecule has 94 valence electrons. The highest BCUT2D eigenvalue weighted by Gasteiger charge is 2.18. The molecule has 0 radical (unpaired) electrons. The highest BCUT2D eigenvalue weighted by atomic mass is 16.6. The molecule has 0 saturated carbocycles. The third kappa shape index (κ3) is 3.86. The van der Waals surface area contributed by atoms with Crippen LogP contribution in [0.5, 0.6) is 5.88 Å². The van der Waals surface area contributed by atoms with E-state index in [0.29, 0.717) is 12.6 Å². The zero-order chi connectivity index (χ0) is 12.7. The van der Waals surface area contributed by atoms with Gasteiger partial charge in [-0.3, -0.25) is 10.1 Å². The fraction of sp³-hybridized carbons (Fsp3) is 0.600. The maximum atomic E-state index is 10.7. The minimum Gasteiger partial charge on any atom is -0.473 e. The van der Waals surface area contributed by atoms with Crippen LogP contribution >= 0.6 is 0 Å². The second-order valence-electron chi connectivity index (χ2n) is 3.45. The lowest BCUT2D eigenvalue weighted by atomic mass is 10.3. The lowest BCUT2D eigenvalue weighted by Gasteiger charge is -2.06. The van der Waals surface area contributed by atoms with E-state index in [0.717, 1.165) is 25.5 Å². The summed E-state index contributed by atoms with van der Waals surface area (Å²) in [4.78, 5) is 17.9. The highest BCUT2D eigenvalue weighted by molar-refractivity contribution is 5.42. The summed E-state index contributed by atoms with van der Waals surface area (Å²) in [7, 11) is 1.64. The third-order valence-corrected chi connectivity index (χ3v) is 2.14. The van der Waals surface area contributed by atoms with Crippen molar-refractivity contribution in [3.63, 3.8) is 0 Å². The molecule has 0 fully saturated rings. The Balaban J connectivity index is 2.75. The molecule has 1 N–H and O–H groups in total. The maximum absolute atomic E-state index is 10.7. The van der Waals surface area contributed by atoms with E-state index in [1.165, 1.54) is 0 Å². The van der Waals surface area contributed by atoms with Gasteiger partial charge in [-0.15, -0.1) is 0 Å². The molecular formula is C10H16N4O3. The first-order chi connectivity index (χ1) is 8.19. The second kappa shape index (κ2) is 6.62. The predicted molar refractivity (Wildman–Crippen MR) is 63.3 cm³/mol. The van der Waals surface area contributed by atoms with E-state index in [-0.39, 0.29) is 11.6 Å². The standard InChI is InChI=1S/C10H16N4O3/c1-3-4-5-6-17-9-8(14(15)16)7-12-10(11-2)13-9/h7H,3-6H2,1-2H3,(H,11,12,13). The maximum Gasteiger partial charge on any atom is 0.349 e. The summed E-state index contributed by atoms with van der Waals surface area (Å²) in [6.45, 7) is 2.50. The number of nitro groups is 1. The molecule has 7 heteroatoms. The molecule has 1 aromatic rings. The van der Waals surface area contributed by atoms with Crippen molar-refractivity contribution >= 4 is 11.6 Å². The van der Waals surface area contributed by atoms with E-state index in [1.54, 1.807) is 7.05 Å². The number of aromatic nitrogens is 2. The molecule has 0 aromatic carbocycles. The van der Waals surface area contributed by atoms with Gasteiger partial charge in [-0.25, -0.2) is 4.98 Å². The van der Waals surface area contributed by atoms with Crippen molar-refractivity contribution < 1.29 is 9.66 Å². The molecular weight excluding hydrogens is 224 g/mol. The van der Waals surface area contributed by atoms with Gasteiger partial charge in [0.1, 0.15) is 6.20 Å². The second-order valence-corrected chi connectivity index (χ2v) is 3.45. The first-order valence-electron chi connectivity index (χ1n) is 5.51. The van der Waals surface area contributed by atoms with Gasteiger partial charge in [-0.1, -0.05) is 19.8 Å². The van der Waals surface area contributed by atoms with Crippen molar-refractivity contribution in [2.75, 3.05) is 19.0 Å². The van der Waals surface area contributed by atoms with Crippen LogP contribution < -0.4 is 10.1 Å². The van der Waals surface area contributed by atoms with E-state index in [4.69, 9.17) is 4.74 Å². The van der Waals surface area contributed by atoms with Crippen molar-refractivity contribution in [1.82, 2.24) is 9.97 Å². The number of nitrogens with one attached hydrogen (secondary N) is 1. The summed E-state index contributed by atoms with van der Waals surface area (Å²) in [6.07, 6.45) is 4.09. The van der Waals surface area contributed by atoms with Gasteiger partial charge in [0.25, 0.3) is 5.88 Å². The van der Waals surface area contributed by atoms with Gasteiger partial charge in [0.15, 0.2) is 0 Å². The van der Waals surface area contributed by atoms with Crippen LogP contribution in [-0.2, 0) is 0 Å². The molecule has 0 spiro atoms. The minimum atomic E-state index is -0.547. The topological polar surface area (TPSA) is 90.2 Å². The lowest BCUT2D eigenvalue weighted by Crippen LogP contribution is -2.05. The van der Waals surface area contributed by atoms with Crippen LogP contribution in [0, 0.1) is 10.1 Å². The molecule has 0 atom stereocenters. The van der Waals surface area contributed by atoms with Crippen LogP contribution in [0.2, 0.25) is 0 Å². The van der Waals surface area contributed by atoms with Crippen molar-refractivity contribution in [2.24, 2.45) is 0 Å². The minimum absolute atomic E-state index is 0.0189. The zero-order valence-electron chi connectivity index (χ0n) is 9.97. The van der Waals surface area contributed by atoms with Crippen LogP contribution in [0.15, 0.2) is 6.20 Å². The summed E-state index contributed by atoms with van der Waals surface area (Å²) in [5, 5.41) is 13.4. The molecule has 0 aliphatic rings. The van der Waals surface area contributed by atoms with Gasteiger partial charge in [0.05, 0.1) is 11.5 Å². The van der Waals surface area contributed by atoms with Gasteiger partial charge < -0.3 is 10.1 Å². The van der Waals surface area contributed by atoms with E-state index in [1.807, 2.05) is 0 Å². The molecule has 0 amide bonds. The molecule has 1 aromatic heterocycles. The number of ether oxygens (including phenoxy) is 1. The molecule has 0 bridgehead atoms. The Labute approximate surface area is 99.4 Å². The van der Waals surface area contributed by atoms with Crippen LogP contribution in [-0.4, -0.2) is 28.5 Å². The molecule has 0 saturated heterocycles. The molecule has 17 heavy (non-hydrogen) atoms. The number of hydrogen-bond donors (Lipinski definition) is 1. The molecule has 7 nitrogen and oxygen atoms in total. The summed E-state index contributed by atoms with van der Waals surface area (Å²) < 4.78 is 5.31. The zero-order valence-corrected chi connectivity index (χ0v) is 9.97. The van der Waals surface area contributed by atoms with Gasteiger partial charge in [0.2, 0.25) is 5.95 Å². The van der Waals surface area contributed by atoms with E-state index in [2.05, 4.69) is 22.2 Å². The fourth-order valence-electron chi connectivity index (χ4n) is 1.23. The Hall–Kier alpha value is -1.92. The van der Waals surface area contributed by atoms with E-state index >= 15 is 0 Å². The monoisotopic (exact) mass is 240 g/mol. The van der Waals surface area contributed by atoms with Crippen molar-refractivity contribution in [1.29, 1.82) is 0 Å². The molecule has 1 rings (SSSR count). The van der Waals surface area contributed by atoms with Crippen molar-refractivity contribution in [3.05, 3.63) is 16.3 Å². The highest BCUT2D eigenvalue weighted by Crippen LogP contribution is 2.24. The van der Waals surface area contributed by atoms with Gasteiger partial charge in [-0.2, -0.15) is 4.98 Å². The predicted octanol–water partition coefficient (Wildman–Crippen LogP) is 2.00. The summed E-state index contributed by atoms with van der Waals surface area (Å²) in [5.74, 6) is 0.326. The van der Waals surface area contributed by atoms with Gasteiger partial charge >= 0.3 is 5.69 Å². The first-order valence-corrected chi connectivity index (χ1v) is 5.51. The largest absolute Gasteiger partial charge is 0.473 e. The Morgan fingerprint density at radius 2 is 2.29 bits per heavy atom. The smallest absolute Gasteiger partial charge is 0.349 e. The quantitative estimate of drug-likeness (QED) is 0.445. The van der Waals surface area contributed by atoms with Crippen LogP contribution in [0.1, 0.15) is 26.2 Å². The van der Waals surface area contributed by atoms with Crippen molar-refractivity contribution in [2.45, 2.75) is 26.2 Å². The number of nitrogens with zero attached hydrogens (tertiary/aromatic N) is 3. The van der Waals surface area contributed by atoms with Gasteiger partial charge in [-0.05, 0) is 6.42 Å². The number of anilines is 1. The first kappa shape index (κ1) is 13.1. The summed E-state index contributed by atoms with van der Waals surface area (Å²) in [6, 6.07) is 0. The Morgan fingerprint density at radius 1 is 1.53 bits per heavy atom. The van der Waals surface area contributed by atoms with E-state index in [9.17, 15) is 10.1 Å².